The molecule has 1 N–H and O–H groups in total. The SMILES string of the molecule is Clc1cccc(O[C@H](c2ncco2)C2CCNC2)c1Cl. The van der Waals surface area contributed by atoms with Gasteiger partial charge in [-0.25, -0.2) is 4.98 Å². The number of halogens is 2. The van der Waals surface area contributed by atoms with Crippen molar-refractivity contribution in [1.29, 1.82) is 0 Å². The highest BCUT2D eigenvalue weighted by atomic mass is 35.5. The van der Waals surface area contributed by atoms with Gasteiger partial charge in [-0.05, 0) is 25.1 Å². The van der Waals surface area contributed by atoms with E-state index in [1.807, 2.05) is 6.07 Å². The van der Waals surface area contributed by atoms with Gasteiger partial charge in [0.25, 0.3) is 0 Å². The normalized spacial score (nSPS) is 20.0. The largest absolute Gasteiger partial charge is 0.479 e. The molecule has 1 aromatic heterocycles. The summed E-state index contributed by atoms with van der Waals surface area (Å²) in [4.78, 5) is 4.21. The third kappa shape index (κ3) is 2.77. The van der Waals surface area contributed by atoms with Gasteiger partial charge in [0.05, 0.1) is 11.2 Å². The molecule has 1 aromatic carbocycles. The first kappa shape index (κ1) is 13.7. The predicted octanol–water partition coefficient (Wildman–Crippen LogP) is 3.71. The van der Waals surface area contributed by atoms with Crippen LogP contribution in [-0.4, -0.2) is 18.1 Å². The second-order valence-electron chi connectivity index (χ2n) is 4.71. The number of benzene rings is 1. The standard InChI is InChI=1S/C14H14Cl2N2O2/c15-10-2-1-3-11(12(10)16)20-13(9-4-5-17-8-9)14-18-6-7-19-14/h1-3,6-7,9,13,17H,4-5,8H2/t9?,13-/m0/s1. The Morgan fingerprint density at radius 1 is 1.40 bits per heavy atom. The van der Waals surface area contributed by atoms with E-state index in [1.54, 1.807) is 24.6 Å². The van der Waals surface area contributed by atoms with Gasteiger partial charge in [0.15, 0.2) is 6.10 Å². The summed E-state index contributed by atoms with van der Waals surface area (Å²) < 4.78 is 11.5. The molecule has 0 spiro atoms. The fraction of sp³-hybridized carbons (Fsp3) is 0.357. The van der Waals surface area contributed by atoms with E-state index in [4.69, 9.17) is 32.4 Å². The van der Waals surface area contributed by atoms with Crippen LogP contribution in [0.5, 0.6) is 5.75 Å². The average Bonchev–Trinajstić information content (AvgIpc) is 3.13. The number of nitrogens with one attached hydrogen (secondary N) is 1. The average molecular weight is 313 g/mol. The summed E-state index contributed by atoms with van der Waals surface area (Å²) in [6.45, 7) is 1.83. The molecule has 106 valence electrons. The van der Waals surface area contributed by atoms with Crippen molar-refractivity contribution >= 4 is 23.2 Å². The van der Waals surface area contributed by atoms with Crippen molar-refractivity contribution in [3.8, 4) is 5.75 Å². The van der Waals surface area contributed by atoms with Crippen LogP contribution < -0.4 is 10.1 Å². The van der Waals surface area contributed by atoms with Gasteiger partial charge in [-0.1, -0.05) is 29.3 Å². The fourth-order valence-corrected chi connectivity index (χ4v) is 2.71. The molecule has 20 heavy (non-hydrogen) atoms. The van der Waals surface area contributed by atoms with Crippen LogP contribution in [-0.2, 0) is 0 Å². The zero-order valence-corrected chi connectivity index (χ0v) is 12.2. The first-order chi connectivity index (χ1) is 9.75. The number of oxazole rings is 1. The molecule has 2 heterocycles. The number of nitrogens with zero attached hydrogens (tertiary/aromatic N) is 1. The quantitative estimate of drug-likeness (QED) is 0.935. The maximum atomic E-state index is 6.18. The molecule has 0 saturated carbocycles. The molecular weight excluding hydrogens is 299 g/mol. The number of hydrogen-bond acceptors (Lipinski definition) is 4. The Bertz CT molecular complexity index is 569. The minimum atomic E-state index is -0.268. The van der Waals surface area contributed by atoms with Crippen molar-refractivity contribution in [3.63, 3.8) is 0 Å². The minimum Gasteiger partial charge on any atom is -0.479 e. The van der Waals surface area contributed by atoms with Crippen LogP contribution in [0.25, 0.3) is 0 Å². The Kier molecular flexibility index (Phi) is 4.15. The molecule has 1 saturated heterocycles. The van der Waals surface area contributed by atoms with E-state index in [0.717, 1.165) is 19.5 Å². The minimum absolute atomic E-state index is 0.268. The van der Waals surface area contributed by atoms with Crippen molar-refractivity contribution < 1.29 is 9.15 Å². The Morgan fingerprint density at radius 3 is 3.00 bits per heavy atom. The van der Waals surface area contributed by atoms with Gasteiger partial charge in [-0.2, -0.15) is 0 Å². The lowest BCUT2D eigenvalue weighted by Gasteiger charge is -2.22. The summed E-state index contributed by atoms with van der Waals surface area (Å²) in [5, 5.41) is 4.20. The third-order valence-electron chi connectivity index (χ3n) is 3.39. The number of ether oxygens (including phenoxy) is 1. The number of rotatable bonds is 4. The Balaban J connectivity index is 1.88. The molecule has 1 unspecified atom stereocenters. The lowest BCUT2D eigenvalue weighted by molar-refractivity contribution is 0.114. The van der Waals surface area contributed by atoms with Crippen molar-refractivity contribution in [1.82, 2.24) is 10.3 Å². The Labute approximate surface area is 127 Å². The Hall–Kier alpha value is -1.23. The maximum Gasteiger partial charge on any atom is 0.235 e. The van der Waals surface area contributed by atoms with E-state index in [1.165, 1.54) is 0 Å². The van der Waals surface area contributed by atoms with E-state index in [-0.39, 0.29) is 6.10 Å². The molecule has 1 aliphatic rings. The van der Waals surface area contributed by atoms with Gasteiger partial charge in [0, 0.05) is 12.5 Å². The smallest absolute Gasteiger partial charge is 0.235 e. The number of hydrogen-bond donors (Lipinski definition) is 1. The highest BCUT2D eigenvalue weighted by molar-refractivity contribution is 6.42. The van der Waals surface area contributed by atoms with E-state index in [9.17, 15) is 0 Å². The van der Waals surface area contributed by atoms with Crippen LogP contribution in [0.1, 0.15) is 18.4 Å². The first-order valence-corrected chi connectivity index (χ1v) is 7.22. The van der Waals surface area contributed by atoms with Crippen molar-refractivity contribution in [3.05, 3.63) is 46.6 Å². The number of aromatic nitrogens is 1. The molecule has 1 aliphatic heterocycles. The van der Waals surface area contributed by atoms with Crippen molar-refractivity contribution in [2.24, 2.45) is 5.92 Å². The van der Waals surface area contributed by atoms with Crippen LogP contribution in [0.3, 0.4) is 0 Å². The van der Waals surface area contributed by atoms with Crippen molar-refractivity contribution in [2.45, 2.75) is 12.5 Å². The second-order valence-corrected chi connectivity index (χ2v) is 5.50. The monoisotopic (exact) mass is 312 g/mol. The molecule has 4 nitrogen and oxygen atoms in total. The van der Waals surface area contributed by atoms with Gasteiger partial charge in [-0.15, -0.1) is 0 Å². The van der Waals surface area contributed by atoms with Crippen LogP contribution in [0, 0.1) is 5.92 Å². The molecule has 1 fully saturated rings. The molecule has 3 rings (SSSR count). The summed E-state index contributed by atoms with van der Waals surface area (Å²) in [6.07, 6.45) is 3.91. The van der Waals surface area contributed by atoms with Crippen LogP contribution >= 0.6 is 23.2 Å². The van der Waals surface area contributed by atoms with E-state index >= 15 is 0 Å². The molecule has 2 atom stereocenters. The van der Waals surface area contributed by atoms with Gasteiger partial charge in [0.2, 0.25) is 5.89 Å². The highest BCUT2D eigenvalue weighted by Crippen LogP contribution is 2.37. The summed E-state index contributed by atoms with van der Waals surface area (Å²) in [6, 6.07) is 5.34. The first-order valence-electron chi connectivity index (χ1n) is 6.46. The third-order valence-corrected chi connectivity index (χ3v) is 4.19. The van der Waals surface area contributed by atoms with E-state index in [0.29, 0.717) is 27.6 Å². The summed E-state index contributed by atoms with van der Waals surface area (Å²) in [7, 11) is 0. The van der Waals surface area contributed by atoms with Gasteiger partial charge >= 0.3 is 0 Å². The van der Waals surface area contributed by atoms with Crippen LogP contribution in [0.4, 0.5) is 0 Å². The molecule has 2 aromatic rings. The van der Waals surface area contributed by atoms with Crippen LogP contribution in [0.2, 0.25) is 10.0 Å². The summed E-state index contributed by atoms with van der Waals surface area (Å²) in [5.41, 5.74) is 0. The summed E-state index contributed by atoms with van der Waals surface area (Å²) in [5.74, 6) is 1.41. The highest BCUT2D eigenvalue weighted by Gasteiger charge is 2.31. The molecule has 0 radical (unpaired) electrons. The predicted molar refractivity (Wildman–Crippen MR) is 77.3 cm³/mol. The second kappa shape index (κ2) is 6.04. The molecule has 0 amide bonds. The lowest BCUT2D eigenvalue weighted by atomic mass is 10.0. The summed E-state index contributed by atoms with van der Waals surface area (Å²) >= 11 is 12.2. The molecule has 6 heteroatoms. The van der Waals surface area contributed by atoms with Gasteiger partial charge < -0.3 is 14.5 Å². The zero-order valence-electron chi connectivity index (χ0n) is 10.7. The van der Waals surface area contributed by atoms with E-state index in [2.05, 4.69) is 10.3 Å². The van der Waals surface area contributed by atoms with Crippen LogP contribution in [0.15, 0.2) is 35.1 Å². The zero-order chi connectivity index (χ0) is 13.9. The fourth-order valence-electron chi connectivity index (χ4n) is 2.37. The molecular formula is C14H14Cl2N2O2. The topological polar surface area (TPSA) is 47.3 Å². The molecule has 0 bridgehead atoms. The Morgan fingerprint density at radius 2 is 2.30 bits per heavy atom. The maximum absolute atomic E-state index is 6.18. The lowest BCUT2D eigenvalue weighted by Crippen LogP contribution is -2.21. The van der Waals surface area contributed by atoms with E-state index < -0.39 is 0 Å². The molecule has 0 aliphatic carbocycles. The van der Waals surface area contributed by atoms with Crippen molar-refractivity contribution in [2.75, 3.05) is 13.1 Å². The van der Waals surface area contributed by atoms with Gasteiger partial charge in [-0.3, -0.25) is 0 Å². The van der Waals surface area contributed by atoms with Gasteiger partial charge in [0.1, 0.15) is 17.0 Å².